The number of benzene rings is 1. The van der Waals surface area contributed by atoms with Gasteiger partial charge >= 0.3 is 0 Å². The van der Waals surface area contributed by atoms with Crippen LogP contribution in [-0.2, 0) is 5.54 Å². The highest BCUT2D eigenvalue weighted by molar-refractivity contribution is 6.02. The Morgan fingerprint density at radius 3 is 2.84 bits per heavy atom. The first-order valence-corrected chi connectivity index (χ1v) is 8.07. The summed E-state index contributed by atoms with van der Waals surface area (Å²) in [6.07, 6.45) is 2.63. The van der Waals surface area contributed by atoms with E-state index in [-0.39, 0.29) is 11.8 Å². The lowest BCUT2D eigenvalue weighted by Crippen LogP contribution is -2.35. The summed E-state index contributed by atoms with van der Waals surface area (Å²) in [5.41, 5.74) is 0.789. The van der Waals surface area contributed by atoms with Crippen molar-refractivity contribution in [2.75, 3.05) is 13.2 Å². The number of carbonyl (C=O) groups excluding carboxylic acids is 2. The maximum atomic E-state index is 13.1. The van der Waals surface area contributed by atoms with Crippen molar-refractivity contribution in [1.29, 1.82) is 0 Å². The summed E-state index contributed by atoms with van der Waals surface area (Å²) in [7, 11) is 0. The van der Waals surface area contributed by atoms with Gasteiger partial charge in [-0.1, -0.05) is 0 Å². The summed E-state index contributed by atoms with van der Waals surface area (Å²) >= 11 is 0. The average molecular weight is 341 g/mol. The molecule has 1 aliphatic carbocycles. The zero-order chi connectivity index (χ0) is 17.4. The first-order valence-electron chi connectivity index (χ1n) is 8.07. The molecule has 0 atom stereocenters. The molecule has 1 aromatic heterocycles. The predicted molar refractivity (Wildman–Crippen MR) is 86.8 cm³/mol. The molecule has 4 rings (SSSR count). The summed E-state index contributed by atoms with van der Waals surface area (Å²) in [4.78, 5) is 28.8. The van der Waals surface area contributed by atoms with Gasteiger partial charge in [-0.2, -0.15) is 0 Å². The number of hydrogen-bond donors (Lipinski definition) is 2. The number of aromatic nitrogens is 1. The Morgan fingerprint density at radius 2 is 2.12 bits per heavy atom. The minimum Gasteiger partial charge on any atom is -0.491 e. The van der Waals surface area contributed by atoms with Crippen LogP contribution in [0, 0.1) is 5.82 Å². The smallest absolute Gasteiger partial charge is 0.255 e. The standard InChI is InChI=1S/C18H16FN3O3/c19-12-2-4-15(21-10-12)18(5-6-18)22-16(23)11-1-3-14-13(9-11)17(24)20-7-8-25-14/h1-4,9-10H,5-8H2,(H,20,24)(H,22,23). The van der Waals surface area contributed by atoms with Crippen molar-refractivity contribution in [3.05, 3.63) is 59.2 Å². The number of rotatable bonds is 3. The zero-order valence-corrected chi connectivity index (χ0v) is 13.3. The van der Waals surface area contributed by atoms with E-state index in [1.54, 1.807) is 18.2 Å². The van der Waals surface area contributed by atoms with Crippen LogP contribution in [0.2, 0.25) is 0 Å². The molecule has 6 nitrogen and oxygen atoms in total. The molecule has 0 bridgehead atoms. The number of halogens is 1. The lowest BCUT2D eigenvalue weighted by Gasteiger charge is -2.17. The molecule has 2 heterocycles. The maximum Gasteiger partial charge on any atom is 0.255 e. The van der Waals surface area contributed by atoms with Gasteiger partial charge in [-0.05, 0) is 43.2 Å². The number of ether oxygens (including phenoxy) is 1. The number of pyridine rings is 1. The second-order valence-corrected chi connectivity index (χ2v) is 6.21. The molecular weight excluding hydrogens is 325 g/mol. The van der Waals surface area contributed by atoms with Crippen molar-refractivity contribution in [3.63, 3.8) is 0 Å². The monoisotopic (exact) mass is 341 g/mol. The van der Waals surface area contributed by atoms with Crippen molar-refractivity contribution in [3.8, 4) is 5.75 Å². The number of nitrogens with one attached hydrogen (secondary N) is 2. The number of carbonyl (C=O) groups is 2. The highest BCUT2D eigenvalue weighted by Crippen LogP contribution is 2.44. The molecule has 1 saturated carbocycles. The van der Waals surface area contributed by atoms with E-state index >= 15 is 0 Å². The predicted octanol–water partition coefficient (Wildman–Crippen LogP) is 1.76. The van der Waals surface area contributed by atoms with E-state index in [4.69, 9.17) is 4.74 Å². The Balaban J connectivity index is 1.57. The molecule has 0 unspecified atom stereocenters. The van der Waals surface area contributed by atoms with Crippen LogP contribution in [0.25, 0.3) is 0 Å². The van der Waals surface area contributed by atoms with E-state index in [1.165, 1.54) is 12.1 Å². The Kier molecular flexibility index (Phi) is 3.63. The molecule has 128 valence electrons. The Hall–Kier alpha value is -2.96. The lowest BCUT2D eigenvalue weighted by atomic mass is 10.1. The van der Waals surface area contributed by atoms with E-state index in [0.29, 0.717) is 35.7 Å². The largest absolute Gasteiger partial charge is 0.491 e. The SMILES string of the molecule is O=C(NC1(c2ccc(F)cn2)CC1)c1ccc2c(c1)C(=O)NCCO2. The van der Waals surface area contributed by atoms with Gasteiger partial charge in [0.05, 0.1) is 29.5 Å². The summed E-state index contributed by atoms with van der Waals surface area (Å²) in [6, 6.07) is 7.70. The lowest BCUT2D eigenvalue weighted by molar-refractivity contribution is 0.0929. The normalized spacial score (nSPS) is 17.6. The van der Waals surface area contributed by atoms with Crippen molar-refractivity contribution < 1.29 is 18.7 Å². The minimum atomic E-state index is -0.559. The van der Waals surface area contributed by atoms with Gasteiger partial charge < -0.3 is 15.4 Å². The van der Waals surface area contributed by atoms with Gasteiger partial charge in [0.25, 0.3) is 11.8 Å². The van der Waals surface area contributed by atoms with E-state index in [9.17, 15) is 14.0 Å². The molecule has 0 radical (unpaired) electrons. The summed E-state index contributed by atoms with van der Waals surface area (Å²) in [5, 5.41) is 5.68. The fourth-order valence-corrected chi connectivity index (χ4v) is 2.91. The van der Waals surface area contributed by atoms with Crippen LogP contribution in [-0.4, -0.2) is 29.9 Å². The Bertz CT molecular complexity index is 847. The molecule has 1 aliphatic heterocycles. The second-order valence-electron chi connectivity index (χ2n) is 6.21. The third-order valence-electron chi connectivity index (χ3n) is 4.45. The van der Waals surface area contributed by atoms with Crippen molar-refractivity contribution in [2.45, 2.75) is 18.4 Å². The molecule has 1 fully saturated rings. The first kappa shape index (κ1) is 15.6. The topological polar surface area (TPSA) is 80.3 Å². The highest BCUT2D eigenvalue weighted by atomic mass is 19.1. The molecule has 7 heteroatoms. The molecule has 2 aliphatic rings. The average Bonchev–Trinajstić information content (AvgIpc) is 3.41. The van der Waals surface area contributed by atoms with Crippen LogP contribution in [0.5, 0.6) is 5.75 Å². The molecule has 25 heavy (non-hydrogen) atoms. The number of fused-ring (bicyclic) bond motifs is 1. The van der Waals surface area contributed by atoms with E-state index in [1.807, 2.05) is 0 Å². The molecule has 2 N–H and O–H groups in total. The Morgan fingerprint density at radius 1 is 1.28 bits per heavy atom. The fraction of sp³-hybridized carbons (Fsp3) is 0.278. The first-order chi connectivity index (χ1) is 12.1. The van der Waals surface area contributed by atoms with Crippen molar-refractivity contribution in [1.82, 2.24) is 15.6 Å². The molecule has 1 aromatic carbocycles. The van der Waals surface area contributed by atoms with Crippen LogP contribution in [0.3, 0.4) is 0 Å². The summed E-state index contributed by atoms with van der Waals surface area (Å²) in [5.74, 6) is -0.512. The van der Waals surface area contributed by atoms with Crippen molar-refractivity contribution in [2.24, 2.45) is 0 Å². The number of nitrogens with zero attached hydrogens (tertiary/aromatic N) is 1. The molecular formula is C18H16FN3O3. The molecule has 2 aromatic rings. The fourth-order valence-electron chi connectivity index (χ4n) is 2.91. The number of hydrogen-bond acceptors (Lipinski definition) is 4. The van der Waals surface area contributed by atoms with Crippen LogP contribution in [0.1, 0.15) is 39.3 Å². The van der Waals surface area contributed by atoms with Gasteiger partial charge in [-0.3, -0.25) is 14.6 Å². The highest BCUT2D eigenvalue weighted by Gasteiger charge is 2.47. The third-order valence-corrected chi connectivity index (χ3v) is 4.45. The van der Waals surface area contributed by atoms with Gasteiger partial charge in [0.1, 0.15) is 18.2 Å². The maximum absolute atomic E-state index is 13.1. The van der Waals surface area contributed by atoms with Crippen LogP contribution >= 0.6 is 0 Å². The summed E-state index contributed by atoms with van der Waals surface area (Å²) in [6.45, 7) is 0.817. The van der Waals surface area contributed by atoms with Gasteiger partial charge in [0, 0.05) is 5.56 Å². The van der Waals surface area contributed by atoms with E-state index < -0.39 is 11.4 Å². The minimum absolute atomic E-state index is 0.261. The van der Waals surface area contributed by atoms with Crippen LogP contribution in [0.4, 0.5) is 4.39 Å². The van der Waals surface area contributed by atoms with Crippen LogP contribution in [0.15, 0.2) is 36.5 Å². The zero-order valence-electron chi connectivity index (χ0n) is 13.3. The van der Waals surface area contributed by atoms with Gasteiger partial charge in [-0.25, -0.2) is 4.39 Å². The third kappa shape index (κ3) is 2.93. The van der Waals surface area contributed by atoms with E-state index in [2.05, 4.69) is 15.6 Å². The second kappa shape index (κ2) is 5.84. The van der Waals surface area contributed by atoms with Crippen molar-refractivity contribution >= 4 is 11.8 Å². The Labute approximate surface area is 143 Å². The quantitative estimate of drug-likeness (QED) is 0.891. The van der Waals surface area contributed by atoms with Gasteiger partial charge in [0.2, 0.25) is 0 Å². The van der Waals surface area contributed by atoms with Gasteiger partial charge in [0.15, 0.2) is 0 Å². The van der Waals surface area contributed by atoms with E-state index in [0.717, 1.165) is 19.0 Å². The molecule has 2 amide bonds. The van der Waals surface area contributed by atoms with Crippen LogP contribution < -0.4 is 15.4 Å². The molecule has 0 saturated heterocycles. The van der Waals surface area contributed by atoms with Gasteiger partial charge in [-0.15, -0.1) is 0 Å². The summed E-state index contributed by atoms with van der Waals surface area (Å²) < 4.78 is 18.5. The molecule has 0 spiro atoms. The number of amides is 2.